The quantitative estimate of drug-likeness (QED) is 0.906. The number of amides is 1. The summed E-state index contributed by atoms with van der Waals surface area (Å²) in [7, 11) is 0. The molecule has 110 valence electrons. The molecule has 0 saturated heterocycles. The maximum absolute atomic E-state index is 12.4. The lowest BCUT2D eigenvalue weighted by Gasteiger charge is -2.07. The van der Waals surface area contributed by atoms with Crippen LogP contribution < -0.4 is 5.32 Å². The van der Waals surface area contributed by atoms with Crippen molar-refractivity contribution in [1.82, 2.24) is 10.3 Å². The Morgan fingerprint density at radius 2 is 1.81 bits per heavy atom. The van der Waals surface area contributed by atoms with Crippen molar-refractivity contribution in [3.05, 3.63) is 63.9 Å². The van der Waals surface area contributed by atoms with Gasteiger partial charge in [0.2, 0.25) is 0 Å². The number of halogens is 4. The number of benzene rings is 1. The van der Waals surface area contributed by atoms with Crippen LogP contribution in [0.3, 0.4) is 0 Å². The average molecular weight is 359 g/mol. The second-order valence-corrected chi connectivity index (χ2v) is 5.15. The Hall–Kier alpha value is -1.89. The van der Waals surface area contributed by atoms with E-state index in [2.05, 4.69) is 26.2 Å². The summed E-state index contributed by atoms with van der Waals surface area (Å²) in [6.07, 6.45) is -3.59. The lowest BCUT2D eigenvalue weighted by Crippen LogP contribution is -2.23. The number of rotatable bonds is 3. The van der Waals surface area contributed by atoms with Crippen LogP contribution in [-0.2, 0) is 12.7 Å². The van der Waals surface area contributed by atoms with Crippen molar-refractivity contribution >= 4 is 21.8 Å². The van der Waals surface area contributed by atoms with Crippen LogP contribution in [0.5, 0.6) is 0 Å². The van der Waals surface area contributed by atoms with Crippen LogP contribution in [0, 0.1) is 0 Å². The van der Waals surface area contributed by atoms with E-state index in [1.165, 1.54) is 0 Å². The molecule has 1 heterocycles. The van der Waals surface area contributed by atoms with Crippen molar-refractivity contribution in [2.75, 3.05) is 0 Å². The third-order valence-corrected chi connectivity index (χ3v) is 3.21. The molecule has 1 aromatic heterocycles. The van der Waals surface area contributed by atoms with Crippen LogP contribution in [0.25, 0.3) is 0 Å². The highest BCUT2D eigenvalue weighted by Crippen LogP contribution is 2.27. The van der Waals surface area contributed by atoms with Crippen LogP contribution in [0.2, 0.25) is 0 Å². The molecule has 0 atom stereocenters. The Labute approximate surface area is 127 Å². The largest absolute Gasteiger partial charge is 0.433 e. The molecule has 0 radical (unpaired) electrons. The van der Waals surface area contributed by atoms with Crippen LogP contribution in [0.1, 0.15) is 21.6 Å². The number of carbonyl (C=O) groups is 1. The van der Waals surface area contributed by atoms with E-state index in [0.717, 1.165) is 28.4 Å². The first kappa shape index (κ1) is 15.5. The minimum Gasteiger partial charge on any atom is -0.348 e. The zero-order valence-corrected chi connectivity index (χ0v) is 12.2. The molecule has 1 N–H and O–H groups in total. The van der Waals surface area contributed by atoms with Crippen molar-refractivity contribution in [2.45, 2.75) is 12.7 Å². The fraction of sp³-hybridized carbons (Fsp3) is 0.143. The minimum atomic E-state index is -4.51. The smallest absolute Gasteiger partial charge is 0.348 e. The van der Waals surface area contributed by atoms with Gasteiger partial charge >= 0.3 is 6.18 Å². The molecule has 0 unspecified atom stereocenters. The predicted molar refractivity (Wildman–Crippen MR) is 74.6 cm³/mol. The normalized spacial score (nSPS) is 11.2. The van der Waals surface area contributed by atoms with Crippen molar-refractivity contribution in [2.24, 2.45) is 0 Å². The summed E-state index contributed by atoms with van der Waals surface area (Å²) in [5.41, 5.74) is -0.0570. The molecule has 3 nitrogen and oxygen atoms in total. The third kappa shape index (κ3) is 4.29. The van der Waals surface area contributed by atoms with E-state index in [1.54, 1.807) is 0 Å². The van der Waals surface area contributed by atoms with Gasteiger partial charge in [-0.1, -0.05) is 28.1 Å². The molecule has 2 aromatic rings. The standard InChI is InChI=1S/C14H10BrF3N2O/c15-11-4-1-9(2-5-11)7-20-13(21)10-3-6-12(19-8-10)14(16,17)18/h1-6,8H,7H2,(H,20,21). The highest BCUT2D eigenvalue weighted by atomic mass is 79.9. The molecule has 7 heteroatoms. The summed E-state index contributed by atoms with van der Waals surface area (Å²) in [5.74, 6) is -0.473. The van der Waals surface area contributed by atoms with Gasteiger partial charge in [-0.2, -0.15) is 13.2 Å². The van der Waals surface area contributed by atoms with E-state index < -0.39 is 17.8 Å². The molecule has 2 rings (SSSR count). The average Bonchev–Trinajstić information content (AvgIpc) is 2.45. The number of nitrogens with zero attached hydrogens (tertiary/aromatic N) is 1. The summed E-state index contributed by atoms with van der Waals surface area (Å²) >= 11 is 3.30. The maximum Gasteiger partial charge on any atom is 0.433 e. The van der Waals surface area contributed by atoms with Crippen LogP contribution in [0.15, 0.2) is 47.1 Å². The zero-order valence-electron chi connectivity index (χ0n) is 10.6. The monoisotopic (exact) mass is 358 g/mol. The molecule has 0 saturated carbocycles. The van der Waals surface area contributed by atoms with Crippen molar-refractivity contribution in [3.8, 4) is 0 Å². The molecule has 21 heavy (non-hydrogen) atoms. The van der Waals surface area contributed by atoms with Gasteiger partial charge in [-0.15, -0.1) is 0 Å². The lowest BCUT2D eigenvalue weighted by atomic mass is 10.2. The first-order chi connectivity index (χ1) is 9.86. The highest BCUT2D eigenvalue weighted by molar-refractivity contribution is 9.10. The predicted octanol–water partition coefficient (Wildman–Crippen LogP) is 3.79. The Kier molecular flexibility index (Phi) is 4.62. The summed E-state index contributed by atoms with van der Waals surface area (Å²) in [4.78, 5) is 15.0. The Bertz CT molecular complexity index is 624. The summed E-state index contributed by atoms with van der Waals surface area (Å²) in [5, 5.41) is 2.62. The third-order valence-electron chi connectivity index (χ3n) is 2.68. The van der Waals surface area contributed by atoms with E-state index in [0.29, 0.717) is 0 Å². The number of carbonyl (C=O) groups excluding carboxylic acids is 1. The van der Waals surface area contributed by atoms with Gasteiger partial charge in [0, 0.05) is 17.2 Å². The first-order valence-corrected chi connectivity index (χ1v) is 6.71. The first-order valence-electron chi connectivity index (χ1n) is 5.92. The number of hydrogen-bond acceptors (Lipinski definition) is 2. The second-order valence-electron chi connectivity index (χ2n) is 4.24. The molecular weight excluding hydrogens is 349 g/mol. The fourth-order valence-corrected chi connectivity index (χ4v) is 1.85. The molecule has 1 amide bonds. The van der Waals surface area contributed by atoms with E-state index in [4.69, 9.17) is 0 Å². The summed E-state index contributed by atoms with van der Waals surface area (Å²) in [6, 6.07) is 9.22. The van der Waals surface area contributed by atoms with Crippen molar-refractivity contribution in [3.63, 3.8) is 0 Å². The summed E-state index contributed by atoms with van der Waals surface area (Å²) < 4.78 is 38.0. The van der Waals surface area contributed by atoms with Gasteiger partial charge in [-0.3, -0.25) is 9.78 Å². The molecule has 1 aromatic carbocycles. The van der Waals surface area contributed by atoms with Gasteiger partial charge in [0.05, 0.1) is 5.56 Å². The van der Waals surface area contributed by atoms with Gasteiger partial charge in [-0.05, 0) is 29.8 Å². The Balaban J connectivity index is 1.99. The van der Waals surface area contributed by atoms with E-state index in [1.807, 2.05) is 24.3 Å². The van der Waals surface area contributed by atoms with Gasteiger partial charge in [-0.25, -0.2) is 0 Å². The van der Waals surface area contributed by atoms with Gasteiger partial charge in [0.1, 0.15) is 5.69 Å². The number of alkyl halides is 3. The van der Waals surface area contributed by atoms with Crippen molar-refractivity contribution < 1.29 is 18.0 Å². The van der Waals surface area contributed by atoms with E-state index >= 15 is 0 Å². The molecule has 0 spiro atoms. The molecular formula is C14H10BrF3N2O. The van der Waals surface area contributed by atoms with Crippen LogP contribution in [-0.4, -0.2) is 10.9 Å². The Morgan fingerprint density at radius 1 is 1.14 bits per heavy atom. The molecule has 0 aliphatic carbocycles. The molecule has 0 bridgehead atoms. The fourth-order valence-electron chi connectivity index (χ4n) is 1.58. The lowest BCUT2D eigenvalue weighted by molar-refractivity contribution is -0.141. The minimum absolute atomic E-state index is 0.0834. The van der Waals surface area contributed by atoms with E-state index in [-0.39, 0.29) is 12.1 Å². The molecule has 0 fully saturated rings. The highest BCUT2D eigenvalue weighted by Gasteiger charge is 2.32. The van der Waals surface area contributed by atoms with Crippen LogP contribution in [0.4, 0.5) is 13.2 Å². The second kappa shape index (κ2) is 6.26. The molecule has 0 aliphatic heterocycles. The number of pyridine rings is 1. The maximum atomic E-state index is 12.4. The van der Waals surface area contributed by atoms with Gasteiger partial charge < -0.3 is 5.32 Å². The van der Waals surface area contributed by atoms with E-state index in [9.17, 15) is 18.0 Å². The van der Waals surface area contributed by atoms with Crippen molar-refractivity contribution in [1.29, 1.82) is 0 Å². The topological polar surface area (TPSA) is 42.0 Å². The number of aromatic nitrogens is 1. The SMILES string of the molecule is O=C(NCc1ccc(Br)cc1)c1ccc(C(F)(F)F)nc1. The van der Waals surface area contributed by atoms with Gasteiger partial charge in [0.25, 0.3) is 5.91 Å². The zero-order chi connectivity index (χ0) is 15.5. The molecule has 0 aliphatic rings. The van der Waals surface area contributed by atoms with Crippen LogP contribution >= 0.6 is 15.9 Å². The number of nitrogens with one attached hydrogen (secondary N) is 1. The Morgan fingerprint density at radius 3 is 2.33 bits per heavy atom. The number of hydrogen-bond donors (Lipinski definition) is 1. The van der Waals surface area contributed by atoms with Gasteiger partial charge in [0.15, 0.2) is 0 Å². The summed E-state index contributed by atoms with van der Waals surface area (Å²) in [6.45, 7) is 0.285.